The molecule has 0 aliphatic carbocycles. The normalized spacial score (nSPS) is 11.9. The van der Waals surface area contributed by atoms with Crippen molar-refractivity contribution in [2.75, 3.05) is 6.54 Å². The molecule has 5 nitrogen and oxygen atoms in total. The first kappa shape index (κ1) is 14.1. The van der Waals surface area contributed by atoms with E-state index in [9.17, 15) is 9.90 Å². The van der Waals surface area contributed by atoms with Crippen LogP contribution in [0.3, 0.4) is 0 Å². The van der Waals surface area contributed by atoms with Crippen LogP contribution in [0.25, 0.3) is 0 Å². The van der Waals surface area contributed by atoms with Crippen molar-refractivity contribution in [3.63, 3.8) is 0 Å². The Bertz CT molecular complexity index is 599. The Kier molecular flexibility index (Phi) is 4.42. The van der Waals surface area contributed by atoms with Gasteiger partial charge < -0.3 is 10.4 Å². The maximum Gasteiger partial charge on any atom is 0.253 e. The zero-order chi connectivity index (χ0) is 14.5. The summed E-state index contributed by atoms with van der Waals surface area (Å²) in [6.07, 6.45) is -0.726. The summed E-state index contributed by atoms with van der Waals surface area (Å²) in [6, 6.07) is 10.9. The van der Waals surface area contributed by atoms with Crippen molar-refractivity contribution < 1.29 is 9.90 Å². The largest absolute Gasteiger partial charge is 0.387 e. The molecule has 0 fully saturated rings. The minimum absolute atomic E-state index is 0.156. The van der Waals surface area contributed by atoms with E-state index in [1.165, 1.54) is 0 Å². The molecule has 0 saturated carbocycles. The van der Waals surface area contributed by atoms with E-state index < -0.39 is 6.10 Å². The molecule has 0 saturated heterocycles. The average molecular weight is 271 g/mol. The van der Waals surface area contributed by atoms with E-state index in [1.54, 1.807) is 19.9 Å². The van der Waals surface area contributed by atoms with Gasteiger partial charge in [-0.1, -0.05) is 30.3 Å². The van der Waals surface area contributed by atoms with E-state index in [1.807, 2.05) is 30.3 Å². The highest BCUT2D eigenvalue weighted by Crippen LogP contribution is 2.11. The Morgan fingerprint density at radius 3 is 2.65 bits per heavy atom. The molecule has 0 aliphatic heterocycles. The lowest BCUT2D eigenvalue weighted by Gasteiger charge is -2.12. The monoisotopic (exact) mass is 271 g/mol. The summed E-state index contributed by atoms with van der Waals surface area (Å²) in [4.78, 5) is 12.1. The summed E-state index contributed by atoms with van der Waals surface area (Å²) in [5, 5.41) is 20.5. The standard InChI is InChI=1S/C15H17N3O2/c1-10-8-13(11(2)18-17-10)15(20)16-9-14(19)12-6-4-3-5-7-12/h3-8,14,19H,9H2,1-2H3,(H,16,20). The summed E-state index contributed by atoms with van der Waals surface area (Å²) in [6.45, 7) is 3.67. The number of hydrogen-bond donors (Lipinski definition) is 2. The number of amides is 1. The van der Waals surface area contributed by atoms with Gasteiger partial charge in [0.05, 0.1) is 23.1 Å². The number of hydrogen-bond acceptors (Lipinski definition) is 4. The summed E-state index contributed by atoms with van der Waals surface area (Å²) >= 11 is 0. The highest BCUT2D eigenvalue weighted by molar-refractivity contribution is 5.95. The number of benzene rings is 1. The van der Waals surface area contributed by atoms with Crippen molar-refractivity contribution in [1.82, 2.24) is 15.5 Å². The fourth-order valence-corrected chi connectivity index (χ4v) is 1.86. The lowest BCUT2D eigenvalue weighted by molar-refractivity contribution is 0.0915. The number of rotatable bonds is 4. The van der Waals surface area contributed by atoms with Gasteiger partial charge in [-0.25, -0.2) is 0 Å². The van der Waals surface area contributed by atoms with Crippen LogP contribution < -0.4 is 5.32 Å². The van der Waals surface area contributed by atoms with Crippen molar-refractivity contribution in [1.29, 1.82) is 0 Å². The van der Waals surface area contributed by atoms with Gasteiger partial charge in [0, 0.05) is 6.54 Å². The van der Waals surface area contributed by atoms with Crippen LogP contribution in [0.5, 0.6) is 0 Å². The molecule has 1 aromatic carbocycles. The molecular weight excluding hydrogens is 254 g/mol. The molecule has 0 bridgehead atoms. The molecule has 1 atom stereocenters. The Morgan fingerprint density at radius 1 is 1.25 bits per heavy atom. The van der Waals surface area contributed by atoms with E-state index in [2.05, 4.69) is 15.5 Å². The van der Waals surface area contributed by atoms with Gasteiger partial charge in [-0.3, -0.25) is 4.79 Å². The van der Waals surface area contributed by atoms with Gasteiger partial charge in [0.1, 0.15) is 0 Å². The quantitative estimate of drug-likeness (QED) is 0.885. The second-order valence-corrected chi connectivity index (χ2v) is 4.62. The summed E-state index contributed by atoms with van der Waals surface area (Å²) < 4.78 is 0. The molecule has 0 spiro atoms. The second-order valence-electron chi connectivity index (χ2n) is 4.62. The van der Waals surface area contributed by atoms with Gasteiger partial charge in [-0.05, 0) is 25.5 Å². The molecule has 1 unspecified atom stereocenters. The summed E-state index contributed by atoms with van der Waals surface area (Å²) in [7, 11) is 0. The highest BCUT2D eigenvalue weighted by Gasteiger charge is 2.13. The maximum atomic E-state index is 12.1. The smallest absolute Gasteiger partial charge is 0.253 e. The van der Waals surface area contributed by atoms with Crippen molar-refractivity contribution >= 4 is 5.91 Å². The predicted molar refractivity (Wildman–Crippen MR) is 75.2 cm³/mol. The number of nitrogens with zero attached hydrogens (tertiary/aromatic N) is 2. The highest BCUT2D eigenvalue weighted by atomic mass is 16.3. The van der Waals surface area contributed by atoms with Crippen LogP contribution in [0.4, 0.5) is 0 Å². The third kappa shape index (κ3) is 3.39. The fourth-order valence-electron chi connectivity index (χ4n) is 1.86. The van der Waals surface area contributed by atoms with Crippen LogP contribution in [0.15, 0.2) is 36.4 Å². The van der Waals surface area contributed by atoms with Crippen molar-refractivity contribution in [2.45, 2.75) is 20.0 Å². The first-order valence-corrected chi connectivity index (χ1v) is 6.40. The predicted octanol–water partition coefficient (Wildman–Crippen LogP) is 1.56. The molecule has 2 aromatic rings. The number of carbonyl (C=O) groups excluding carboxylic acids is 1. The van der Waals surface area contributed by atoms with E-state index in [0.717, 1.165) is 5.56 Å². The van der Waals surface area contributed by atoms with Gasteiger partial charge in [0.2, 0.25) is 0 Å². The second kappa shape index (κ2) is 6.25. The SMILES string of the molecule is Cc1cc(C(=O)NCC(O)c2ccccc2)c(C)nn1. The Labute approximate surface area is 117 Å². The van der Waals surface area contributed by atoms with Crippen molar-refractivity contribution in [2.24, 2.45) is 0 Å². The number of aryl methyl sites for hydroxylation is 2. The number of aliphatic hydroxyl groups is 1. The number of aromatic nitrogens is 2. The Hall–Kier alpha value is -2.27. The van der Waals surface area contributed by atoms with Gasteiger partial charge in [-0.15, -0.1) is 0 Å². The van der Waals surface area contributed by atoms with Crippen LogP contribution in [0.2, 0.25) is 0 Å². The number of nitrogens with one attached hydrogen (secondary N) is 1. The van der Waals surface area contributed by atoms with E-state index in [-0.39, 0.29) is 12.5 Å². The molecule has 1 heterocycles. The molecule has 0 radical (unpaired) electrons. The molecule has 20 heavy (non-hydrogen) atoms. The van der Waals surface area contributed by atoms with Crippen LogP contribution in [0, 0.1) is 13.8 Å². The maximum absolute atomic E-state index is 12.1. The Morgan fingerprint density at radius 2 is 1.95 bits per heavy atom. The summed E-state index contributed by atoms with van der Waals surface area (Å²) in [5.74, 6) is -0.254. The zero-order valence-electron chi connectivity index (χ0n) is 11.5. The first-order chi connectivity index (χ1) is 9.58. The van der Waals surface area contributed by atoms with Gasteiger partial charge >= 0.3 is 0 Å². The third-order valence-corrected chi connectivity index (χ3v) is 2.99. The van der Waals surface area contributed by atoms with Gasteiger partial charge in [0.15, 0.2) is 0 Å². The van der Waals surface area contributed by atoms with E-state index in [4.69, 9.17) is 0 Å². The van der Waals surface area contributed by atoms with Crippen molar-refractivity contribution in [3.8, 4) is 0 Å². The summed E-state index contributed by atoms with van der Waals surface area (Å²) in [5.41, 5.74) is 2.51. The minimum atomic E-state index is -0.726. The van der Waals surface area contributed by atoms with E-state index in [0.29, 0.717) is 17.0 Å². The zero-order valence-corrected chi connectivity index (χ0v) is 11.5. The molecular formula is C15H17N3O2. The van der Waals surface area contributed by atoms with Crippen LogP contribution >= 0.6 is 0 Å². The van der Waals surface area contributed by atoms with Crippen LogP contribution in [-0.2, 0) is 0 Å². The van der Waals surface area contributed by atoms with Crippen molar-refractivity contribution in [3.05, 3.63) is 58.9 Å². The lowest BCUT2D eigenvalue weighted by Crippen LogP contribution is -2.29. The fraction of sp³-hybridized carbons (Fsp3) is 0.267. The topological polar surface area (TPSA) is 75.1 Å². The first-order valence-electron chi connectivity index (χ1n) is 6.40. The Balaban J connectivity index is 2.00. The molecule has 2 N–H and O–H groups in total. The third-order valence-electron chi connectivity index (χ3n) is 2.99. The van der Waals surface area contributed by atoms with Crippen LogP contribution in [0.1, 0.15) is 33.4 Å². The molecule has 1 aromatic heterocycles. The molecule has 2 rings (SSSR count). The average Bonchev–Trinajstić information content (AvgIpc) is 2.47. The molecule has 0 aliphatic rings. The lowest BCUT2D eigenvalue weighted by atomic mass is 10.1. The molecule has 1 amide bonds. The number of aliphatic hydroxyl groups excluding tert-OH is 1. The van der Waals surface area contributed by atoms with Crippen LogP contribution in [-0.4, -0.2) is 27.8 Å². The van der Waals surface area contributed by atoms with E-state index >= 15 is 0 Å². The number of carbonyl (C=O) groups is 1. The van der Waals surface area contributed by atoms with Gasteiger partial charge in [-0.2, -0.15) is 10.2 Å². The minimum Gasteiger partial charge on any atom is -0.387 e. The molecule has 104 valence electrons. The van der Waals surface area contributed by atoms with Gasteiger partial charge in [0.25, 0.3) is 5.91 Å². The molecule has 5 heteroatoms.